The maximum absolute atomic E-state index is 11.9. The summed E-state index contributed by atoms with van der Waals surface area (Å²) in [5.74, 6) is 0.232. The predicted octanol–water partition coefficient (Wildman–Crippen LogP) is 3.16. The highest BCUT2D eigenvalue weighted by Gasteiger charge is 2.10. The number of nitrogens with one attached hydrogen (secondary N) is 1. The van der Waals surface area contributed by atoms with Crippen molar-refractivity contribution < 1.29 is 4.79 Å². The largest absolute Gasteiger partial charge is 0.343 e. The number of hydrogen-bond donors (Lipinski definition) is 1. The first-order valence-corrected chi connectivity index (χ1v) is 7.72. The molecule has 1 aromatic carbocycles. The summed E-state index contributed by atoms with van der Waals surface area (Å²) in [6.07, 6.45) is 1.64. The molecule has 0 spiro atoms. The Morgan fingerprint density at radius 2 is 1.75 bits per heavy atom. The molecule has 1 amide bonds. The van der Waals surface area contributed by atoms with Gasteiger partial charge in [0.05, 0.1) is 0 Å². The fourth-order valence-electron chi connectivity index (χ4n) is 2.29. The van der Waals surface area contributed by atoms with Crippen molar-refractivity contribution in [2.24, 2.45) is 0 Å². The Kier molecular flexibility index (Phi) is 7.31. The fourth-order valence-corrected chi connectivity index (χ4v) is 2.29. The van der Waals surface area contributed by atoms with Crippen LogP contribution in [0.25, 0.3) is 0 Å². The van der Waals surface area contributed by atoms with Gasteiger partial charge in [-0.15, -0.1) is 0 Å². The highest BCUT2D eigenvalue weighted by molar-refractivity contribution is 5.76. The fraction of sp³-hybridized carbons (Fsp3) is 0.588. The summed E-state index contributed by atoms with van der Waals surface area (Å²) < 4.78 is 0. The minimum Gasteiger partial charge on any atom is -0.343 e. The molecule has 0 aliphatic carbocycles. The van der Waals surface area contributed by atoms with Gasteiger partial charge in [-0.2, -0.15) is 0 Å². The number of benzene rings is 1. The van der Waals surface area contributed by atoms with E-state index in [4.69, 9.17) is 0 Å². The molecule has 0 saturated carbocycles. The Bertz CT molecular complexity index is 396. The minimum atomic E-state index is 0.232. The molecule has 3 heteroatoms. The van der Waals surface area contributed by atoms with Crippen LogP contribution in [-0.2, 0) is 11.2 Å². The highest BCUT2D eigenvalue weighted by atomic mass is 16.2. The van der Waals surface area contributed by atoms with Gasteiger partial charge >= 0.3 is 0 Å². The van der Waals surface area contributed by atoms with Gasteiger partial charge in [0.25, 0.3) is 0 Å². The number of carbonyl (C=O) groups is 1. The van der Waals surface area contributed by atoms with E-state index in [2.05, 4.69) is 43.4 Å². The molecule has 0 heterocycles. The number of carbonyl (C=O) groups excluding carboxylic acids is 1. The van der Waals surface area contributed by atoms with E-state index < -0.39 is 0 Å². The monoisotopic (exact) mass is 276 g/mol. The molecular formula is C17H28N2O. The van der Waals surface area contributed by atoms with E-state index in [0.29, 0.717) is 6.42 Å². The van der Waals surface area contributed by atoms with E-state index in [1.54, 1.807) is 0 Å². The summed E-state index contributed by atoms with van der Waals surface area (Å²) in [6, 6.07) is 8.97. The molecule has 112 valence electrons. The predicted molar refractivity (Wildman–Crippen MR) is 84.8 cm³/mol. The Labute approximate surface area is 123 Å². The van der Waals surface area contributed by atoms with Crippen LogP contribution < -0.4 is 5.32 Å². The van der Waals surface area contributed by atoms with Gasteiger partial charge in [0, 0.05) is 32.1 Å². The van der Waals surface area contributed by atoms with Crippen molar-refractivity contribution in [1.29, 1.82) is 0 Å². The van der Waals surface area contributed by atoms with Gasteiger partial charge in [-0.1, -0.05) is 31.2 Å². The molecular weight excluding hydrogens is 248 g/mol. The van der Waals surface area contributed by atoms with Crippen LogP contribution in [0.15, 0.2) is 24.3 Å². The van der Waals surface area contributed by atoms with Crippen molar-refractivity contribution >= 4 is 5.91 Å². The summed E-state index contributed by atoms with van der Waals surface area (Å²) in [5, 5.41) is 3.42. The van der Waals surface area contributed by atoms with Crippen LogP contribution in [0.4, 0.5) is 0 Å². The molecule has 0 aliphatic rings. The first kappa shape index (κ1) is 16.7. The third-order valence-corrected chi connectivity index (χ3v) is 3.79. The van der Waals surface area contributed by atoms with Gasteiger partial charge in [-0.05, 0) is 38.3 Å². The van der Waals surface area contributed by atoms with E-state index >= 15 is 0 Å². The summed E-state index contributed by atoms with van der Waals surface area (Å²) in [7, 11) is 0. The molecule has 0 fully saturated rings. The average Bonchev–Trinajstić information content (AvgIpc) is 2.48. The second-order valence-corrected chi connectivity index (χ2v) is 5.09. The summed E-state index contributed by atoms with van der Waals surface area (Å²) in [4.78, 5) is 13.8. The lowest BCUT2D eigenvalue weighted by Gasteiger charge is -2.20. The smallest absolute Gasteiger partial charge is 0.223 e. The van der Waals surface area contributed by atoms with Gasteiger partial charge in [-0.3, -0.25) is 4.79 Å². The van der Waals surface area contributed by atoms with Crippen molar-refractivity contribution in [2.45, 2.75) is 46.6 Å². The molecule has 0 radical (unpaired) electrons. The quantitative estimate of drug-likeness (QED) is 0.791. The van der Waals surface area contributed by atoms with Gasteiger partial charge in [0.1, 0.15) is 0 Å². The molecule has 0 aromatic heterocycles. The lowest BCUT2D eigenvalue weighted by atomic mass is 10.0. The second-order valence-electron chi connectivity index (χ2n) is 5.09. The molecule has 1 aromatic rings. The Balaban J connectivity index is 2.39. The highest BCUT2D eigenvalue weighted by Crippen LogP contribution is 2.13. The van der Waals surface area contributed by atoms with Crippen molar-refractivity contribution in [1.82, 2.24) is 10.2 Å². The van der Waals surface area contributed by atoms with Crippen molar-refractivity contribution in [3.63, 3.8) is 0 Å². The molecule has 0 saturated heterocycles. The van der Waals surface area contributed by atoms with Crippen LogP contribution in [0.5, 0.6) is 0 Å². The van der Waals surface area contributed by atoms with E-state index in [1.807, 2.05) is 18.7 Å². The zero-order valence-electron chi connectivity index (χ0n) is 13.3. The second kappa shape index (κ2) is 8.75. The van der Waals surface area contributed by atoms with E-state index in [-0.39, 0.29) is 11.9 Å². The number of rotatable bonds is 8. The lowest BCUT2D eigenvalue weighted by molar-refractivity contribution is -0.130. The van der Waals surface area contributed by atoms with E-state index in [9.17, 15) is 4.79 Å². The molecule has 0 aliphatic heterocycles. The number of amides is 1. The summed E-state index contributed by atoms with van der Waals surface area (Å²) in [6.45, 7) is 10.7. The number of nitrogens with zero attached hydrogens (tertiary/aromatic N) is 1. The number of hydrogen-bond acceptors (Lipinski definition) is 2. The van der Waals surface area contributed by atoms with Crippen LogP contribution in [-0.4, -0.2) is 30.4 Å². The SMILES string of the molecule is CCc1ccc(C(C)NCCC(=O)N(CC)CC)cc1. The van der Waals surface area contributed by atoms with E-state index in [0.717, 1.165) is 26.1 Å². The summed E-state index contributed by atoms with van der Waals surface area (Å²) in [5.41, 5.74) is 2.63. The van der Waals surface area contributed by atoms with Crippen molar-refractivity contribution in [2.75, 3.05) is 19.6 Å². The van der Waals surface area contributed by atoms with Crippen molar-refractivity contribution in [3.8, 4) is 0 Å². The maximum atomic E-state index is 11.9. The van der Waals surface area contributed by atoms with Crippen LogP contribution >= 0.6 is 0 Å². The molecule has 0 bridgehead atoms. The minimum absolute atomic E-state index is 0.232. The van der Waals surface area contributed by atoms with Gasteiger partial charge in [0.2, 0.25) is 5.91 Å². The molecule has 1 unspecified atom stereocenters. The van der Waals surface area contributed by atoms with E-state index in [1.165, 1.54) is 11.1 Å². The average molecular weight is 276 g/mol. The summed E-state index contributed by atoms with van der Waals surface area (Å²) >= 11 is 0. The zero-order chi connectivity index (χ0) is 15.0. The third kappa shape index (κ3) is 4.97. The van der Waals surface area contributed by atoms with Gasteiger partial charge in [-0.25, -0.2) is 0 Å². The van der Waals surface area contributed by atoms with Crippen molar-refractivity contribution in [3.05, 3.63) is 35.4 Å². The molecule has 1 atom stereocenters. The first-order chi connectivity index (χ1) is 9.62. The Hall–Kier alpha value is -1.35. The zero-order valence-corrected chi connectivity index (χ0v) is 13.3. The molecule has 1 rings (SSSR count). The van der Waals surface area contributed by atoms with Crippen LogP contribution in [0, 0.1) is 0 Å². The Morgan fingerprint density at radius 3 is 2.25 bits per heavy atom. The van der Waals surface area contributed by atoms with Crippen LogP contribution in [0.1, 0.15) is 51.3 Å². The Morgan fingerprint density at radius 1 is 1.15 bits per heavy atom. The standard InChI is InChI=1S/C17H28N2O/c1-5-15-8-10-16(11-9-15)14(4)18-13-12-17(20)19(6-2)7-3/h8-11,14,18H,5-7,12-13H2,1-4H3. The normalized spacial score (nSPS) is 12.2. The third-order valence-electron chi connectivity index (χ3n) is 3.79. The maximum Gasteiger partial charge on any atom is 0.223 e. The van der Waals surface area contributed by atoms with Gasteiger partial charge in [0.15, 0.2) is 0 Å². The number of aryl methyl sites for hydroxylation is 1. The first-order valence-electron chi connectivity index (χ1n) is 7.72. The molecule has 3 nitrogen and oxygen atoms in total. The van der Waals surface area contributed by atoms with Gasteiger partial charge < -0.3 is 10.2 Å². The lowest BCUT2D eigenvalue weighted by Crippen LogP contribution is -2.33. The molecule has 20 heavy (non-hydrogen) atoms. The van der Waals surface area contributed by atoms with Crippen LogP contribution in [0.2, 0.25) is 0 Å². The molecule has 1 N–H and O–H groups in total. The van der Waals surface area contributed by atoms with Crippen LogP contribution in [0.3, 0.4) is 0 Å². The topological polar surface area (TPSA) is 32.3 Å².